The van der Waals surface area contributed by atoms with E-state index in [1.165, 1.54) is 4.68 Å². The molecule has 0 aliphatic heterocycles. The highest BCUT2D eigenvalue weighted by molar-refractivity contribution is 5.75. The molecule has 0 bridgehead atoms. The van der Waals surface area contributed by atoms with Crippen LogP contribution < -0.4 is 10.9 Å². The minimum absolute atomic E-state index is 0.0702. The molecule has 2 N–H and O–H groups in total. The zero-order chi connectivity index (χ0) is 20.9. The first kappa shape index (κ1) is 19.3. The highest BCUT2D eigenvalue weighted by atomic mass is 16.1. The molecule has 0 saturated heterocycles. The van der Waals surface area contributed by atoms with E-state index in [-0.39, 0.29) is 11.5 Å². The third-order valence-electron chi connectivity index (χ3n) is 4.75. The molecule has 0 fully saturated rings. The molecule has 9 heteroatoms. The lowest BCUT2D eigenvalue weighted by molar-refractivity contribution is -0.121. The van der Waals surface area contributed by atoms with Crippen LogP contribution in [0, 0.1) is 6.92 Å². The quantitative estimate of drug-likeness (QED) is 0.489. The first-order chi connectivity index (χ1) is 14.6. The number of H-pyrrole nitrogens is 1. The Labute approximate surface area is 172 Å². The first-order valence-electron chi connectivity index (χ1n) is 9.53. The molecule has 9 nitrogen and oxygen atoms in total. The van der Waals surface area contributed by atoms with Gasteiger partial charge >= 0.3 is 0 Å². The Bertz CT molecular complexity index is 1210. The van der Waals surface area contributed by atoms with Crippen LogP contribution in [0.15, 0.2) is 66.1 Å². The number of carbonyl (C=O) groups excluding carboxylic acids is 1. The molecule has 0 aromatic carbocycles. The molecule has 4 aromatic rings. The molecule has 4 aromatic heterocycles. The third-order valence-corrected chi connectivity index (χ3v) is 4.75. The van der Waals surface area contributed by atoms with Crippen LogP contribution in [0.4, 0.5) is 0 Å². The second-order valence-electron chi connectivity index (χ2n) is 6.81. The lowest BCUT2D eigenvalue weighted by atomic mass is 10.2. The van der Waals surface area contributed by atoms with Gasteiger partial charge in [-0.1, -0.05) is 6.07 Å². The van der Waals surface area contributed by atoms with Crippen molar-refractivity contribution in [1.29, 1.82) is 0 Å². The van der Waals surface area contributed by atoms with Crippen molar-refractivity contribution in [3.8, 4) is 16.9 Å². The Morgan fingerprint density at radius 1 is 1.20 bits per heavy atom. The summed E-state index contributed by atoms with van der Waals surface area (Å²) in [4.78, 5) is 33.2. The zero-order valence-electron chi connectivity index (χ0n) is 16.4. The van der Waals surface area contributed by atoms with Crippen molar-refractivity contribution in [1.82, 2.24) is 34.8 Å². The summed E-state index contributed by atoms with van der Waals surface area (Å²) >= 11 is 0. The van der Waals surface area contributed by atoms with Crippen LogP contribution in [0.1, 0.15) is 17.7 Å². The Morgan fingerprint density at radius 2 is 2.10 bits per heavy atom. The topological polar surface area (TPSA) is 110 Å². The second-order valence-corrected chi connectivity index (χ2v) is 6.81. The predicted octanol–water partition coefficient (Wildman–Crippen LogP) is 1.83. The van der Waals surface area contributed by atoms with Crippen LogP contribution in [0.25, 0.3) is 16.9 Å². The molecule has 0 unspecified atom stereocenters. The van der Waals surface area contributed by atoms with Gasteiger partial charge in [0.25, 0.3) is 5.56 Å². The highest BCUT2D eigenvalue weighted by Crippen LogP contribution is 2.14. The normalized spacial score (nSPS) is 10.8. The van der Waals surface area contributed by atoms with E-state index in [4.69, 9.17) is 0 Å². The molecular formula is C21H21N7O2. The molecule has 0 radical (unpaired) electrons. The van der Waals surface area contributed by atoms with Crippen molar-refractivity contribution >= 4 is 5.91 Å². The van der Waals surface area contributed by atoms with Crippen LogP contribution in [0.2, 0.25) is 0 Å². The fourth-order valence-corrected chi connectivity index (χ4v) is 3.09. The van der Waals surface area contributed by atoms with Gasteiger partial charge in [0.05, 0.1) is 5.56 Å². The largest absolute Gasteiger partial charge is 0.352 e. The van der Waals surface area contributed by atoms with E-state index in [2.05, 4.69) is 25.5 Å². The molecule has 1 amide bonds. The Kier molecular flexibility index (Phi) is 5.51. The molecule has 4 rings (SSSR count). The molecule has 30 heavy (non-hydrogen) atoms. The predicted molar refractivity (Wildman–Crippen MR) is 111 cm³/mol. The number of carbonyl (C=O) groups is 1. The van der Waals surface area contributed by atoms with Crippen molar-refractivity contribution in [2.45, 2.75) is 26.4 Å². The minimum Gasteiger partial charge on any atom is -0.352 e. The standard InChI is InChI=1S/C21H21N7O2/c1-15-4-9-25-27(15)10-6-20(29)24-12-16-5-8-23-19(11-16)28-21(30)18(14-26-28)17-3-2-7-22-13-17/h2-5,7-9,11,13-14,26H,6,10,12H2,1H3,(H,24,29). The van der Waals surface area contributed by atoms with Crippen molar-refractivity contribution in [2.75, 3.05) is 0 Å². The summed E-state index contributed by atoms with van der Waals surface area (Å²) in [6.07, 6.45) is 8.59. The van der Waals surface area contributed by atoms with E-state index in [9.17, 15) is 9.59 Å². The van der Waals surface area contributed by atoms with Crippen LogP contribution in [0.3, 0.4) is 0 Å². The SMILES string of the molecule is Cc1ccnn1CCC(=O)NCc1ccnc(-n2[nH]cc(-c3cccnc3)c2=O)c1. The summed E-state index contributed by atoms with van der Waals surface area (Å²) < 4.78 is 3.16. The van der Waals surface area contributed by atoms with Gasteiger partial charge in [0, 0.05) is 61.8 Å². The number of pyridine rings is 2. The van der Waals surface area contributed by atoms with Gasteiger partial charge in [-0.3, -0.25) is 24.4 Å². The van der Waals surface area contributed by atoms with Crippen molar-refractivity contribution < 1.29 is 4.79 Å². The Hall–Kier alpha value is -4.01. The number of aryl methyl sites for hydroxylation is 2. The van der Waals surface area contributed by atoms with Gasteiger partial charge in [0.15, 0.2) is 5.82 Å². The molecule has 0 aliphatic carbocycles. The average molecular weight is 403 g/mol. The maximum absolute atomic E-state index is 12.8. The first-order valence-corrected chi connectivity index (χ1v) is 9.53. The number of hydrogen-bond donors (Lipinski definition) is 2. The van der Waals surface area contributed by atoms with Crippen LogP contribution in [0.5, 0.6) is 0 Å². The zero-order valence-corrected chi connectivity index (χ0v) is 16.4. The summed E-state index contributed by atoms with van der Waals surface area (Å²) in [6, 6.07) is 9.08. The van der Waals surface area contributed by atoms with Gasteiger partial charge in [0.2, 0.25) is 5.91 Å². The van der Waals surface area contributed by atoms with E-state index in [1.54, 1.807) is 53.9 Å². The van der Waals surface area contributed by atoms with Gasteiger partial charge in [-0.05, 0) is 36.8 Å². The molecule has 0 aliphatic rings. The molecule has 4 heterocycles. The number of rotatable bonds is 7. The van der Waals surface area contributed by atoms with E-state index in [1.807, 2.05) is 19.1 Å². The smallest absolute Gasteiger partial charge is 0.280 e. The van der Waals surface area contributed by atoms with E-state index in [0.717, 1.165) is 16.8 Å². The summed E-state index contributed by atoms with van der Waals surface area (Å²) in [6.45, 7) is 2.82. The molecule has 0 atom stereocenters. The summed E-state index contributed by atoms with van der Waals surface area (Å²) in [5.41, 5.74) is 2.88. The fraction of sp³-hybridized carbons (Fsp3) is 0.190. The second kappa shape index (κ2) is 8.56. The van der Waals surface area contributed by atoms with Gasteiger partial charge in [0.1, 0.15) is 0 Å². The van der Waals surface area contributed by atoms with Crippen molar-refractivity contribution in [3.63, 3.8) is 0 Å². The molecule has 152 valence electrons. The van der Waals surface area contributed by atoms with Gasteiger partial charge in [-0.2, -0.15) is 5.10 Å². The Balaban J connectivity index is 1.42. The third kappa shape index (κ3) is 4.19. The monoisotopic (exact) mass is 403 g/mol. The van der Waals surface area contributed by atoms with Gasteiger partial charge in [-0.15, -0.1) is 0 Å². The van der Waals surface area contributed by atoms with E-state index < -0.39 is 0 Å². The van der Waals surface area contributed by atoms with Crippen LogP contribution in [-0.2, 0) is 17.9 Å². The number of amides is 1. The number of nitrogens with one attached hydrogen (secondary N) is 2. The van der Waals surface area contributed by atoms with E-state index in [0.29, 0.717) is 30.9 Å². The van der Waals surface area contributed by atoms with Crippen molar-refractivity contribution in [3.05, 3.63) is 82.9 Å². The maximum Gasteiger partial charge on any atom is 0.280 e. The Morgan fingerprint density at radius 3 is 2.87 bits per heavy atom. The number of aromatic nitrogens is 6. The van der Waals surface area contributed by atoms with Crippen LogP contribution >= 0.6 is 0 Å². The summed E-state index contributed by atoms with van der Waals surface area (Å²) in [5.74, 6) is 0.383. The van der Waals surface area contributed by atoms with Gasteiger partial charge < -0.3 is 5.32 Å². The molecular weight excluding hydrogens is 382 g/mol. The van der Waals surface area contributed by atoms with E-state index >= 15 is 0 Å². The maximum atomic E-state index is 12.8. The van der Waals surface area contributed by atoms with Crippen LogP contribution in [-0.4, -0.2) is 35.4 Å². The highest BCUT2D eigenvalue weighted by Gasteiger charge is 2.11. The number of hydrogen-bond acceptors (Lipinski definition) is 5. The molecule has 0 saturated carbocycles. The minimum atomic E-state index is -0.216. The lowest BCUT2D eigenvalue weighted by Gasteiger charge is -2.08. The van der Waals surface area contributed by atoms with Gasteiger partial charge in [-0.25, -0.2) is 9.67 Å². The summed E-state index contributed by atoms with van der Waals surface area (Å²) in [7, 11) is 0. The fourth-order valence-electron chi connectivity index (χ4n) is 3.09. The lowest BCUT2D eigenvalue weighted by Crippen LogP contribution is -2.24. The number of aromatic amines is 1. The molecule has 0 spiro atoms. The van der Waals surface area contributed by atoms with Crippen molar-refractivity contribution in [2.24, 2.45) is 0 Å². The number of nitrogens with zero attached hydrogens (tertiary/aromatic N) is 5. The summed E-state index contributed by atoms with van der Waals surface area (Å²) in [5, 5.41) is 10.0. The average Bonchev–Trinajstić information content (AvgIpc) is 3.36.